The minimum Gasteiger partial charge on any atom is -0.385 e. The molecule has 2 aromatic rings. The second kappa shape index (κ2) is 6.28. The van der Waals surface area contributed by atoms with Gasteiger partial charge in [0.15, 0.2) is 0 Å². The number of nitrogens with two attached hydrogens (primary N) is 1. The molecule has 1 heterocycles. The van der Waals surface area contributed by atoms with E-state index in [-0.39, 0.29) is 6.54 Å². The van der Waals surface area contributed by atoms with E-state index in [9.17, 15) is 0 Å². The molecule has 0 bridgehead atoms. The van der Waals surface area contributed by atoms with E-state index in [2.05, 4.69) is 22.3 Å². The molecule has 0 aliphatic heterocycles. The van der Waals surface area contributed by atoms with Crippen molar-refractivity contribution in [3.8, 4) is 11.4 Å². The monoisotopic (exact) mass is 247 g/mol. The van der Waals surface area contributed by atoms with Gasteiger partial charge in [-0.15, -0.1) is 0 Å². The van der Waals surface area contributed by atoms with Crippen molar-refractivity contribution in [2.45, 2.75) is 19.4 Å². The van der Waals surface area contributed by atoms with Gasteiger partial charge in [-0.3, -0.25) is 0 Å². The molecule has 96 valence electrons. The van der Waals surface area contributed by atoms with Crippen molar-refractivity contribution in [1.29, 1.82) is 0 Å². The summed E-state index contributed by atoms with van der Waals surface area (Å²) in [6.45, 7) is 1.05. The van der Waals surface area contributed by atoms with Crippen LogP contribution in [0.1, 0.15) is 17.9 Å². The first-order chi connectivity index (χ1) is 8.83. The maximum absolute atomic E-state index is 5.43. The van der Waals surface area contributed by atoms with Crippen molar-refractivity contribution in [3.63, 3.8) is 0 Å². The van der Waals surface area contributed by atoms with Gasteiger partial charge in [0.2, 0.25) is 11.7 Å². The van der Waals surface area contributed by atoms with Crippen LogP contribution in [0.4, 0.5) is 0 Å². The van der Waals surface area contributed by atoms with Crippen LogP contribution in [-0.2, 0) is 17.7 Å². The minimum atomic E-state index is 0.266. The quantitative estimate of drug-likeness (QED) is 0.787. The Hall–Kier alpha value is -1.72. The topological polar surface area (TPSA) is 74.2 Å². The molecule has 0 saturated heterocycles. The summed E-state index contributed by atoms with van der Waals surface area (Å²) < 4.78 is 10.0. The molecule has 0 aliphatic carbocycles. The molecule has 1 aromatic heterocycles. The van der Waals surface area contributed by atoms with Crippen LogP contribution in [0.5, 0.6) is 0 Å². The van der Waals surface area contributed by atoms with Crippen LogP contribution in [0.25, 0.3) is 11.4 Å². The third-order valence-electron chi connectivity index (χ3n) is 2.67. The lowest BCUT2D eigenvalue weighted by Gasteiger charge is -2.01. The van der Waals surface area contributed by atoms with E-state index in [0.29, 0.717) is 11.7 Å². The zero-order valence-corrected chi connectivity index (χ0v) is 10.4. The zero-order valence-electron chi connectivity index (χ0n) is 10.4. The number of nitrogens with zero attached hydrogens (tertiary/aromatic N) is 2. The SMILES string of the molecule is COCCCc1ccc(-c2noc(CN)n2)cc1. The van der Waals surface area contributed by atoms with Gasteiger partial charge in [0.1, 0.15) is 0 Å². The predicted molar refractivity (Wildman–Crippen MR) is 67.8 cm³/mol. The fourth-order valence-corrected chi connectivity index (χ4v) is 1.70. The summed E-state index contributed by atoms with van der Waals surface area (Å²) in [5.41, 5.74) is 7.64. The van der Waals surface area contributed by atoms with Crippen LogP contribution in [0.15, 0.2) is 28.8 Å². The molecule has 0 unspecified atom stereocenters. The van der Waals surface area contributed by atoms with E-state index >= 15 is 0 Å². The maximum Gasteiger partial charge on any atom is 0.240 e. The van der Waals surface area contributed by atoms with Gasteiger partial charge in [-0.25, -0.2) is 0 Å². The van der Waals surface area contributed by atoms with E-state index in [1.165, 1.54) is 5.56 Å². The first-order valence-electron chi connectivity index (χ1n) is 5.94. The lowest BCUT2D eigenvalue weighted by molar-refractivity contribution is 0.195. The summed E-state index contributed by atoms with van der Waals surface area (Å²) in [6, 6.07) is 8.13. The van der Waals surface area contributed by atoms with Crippen LogP contribution in [0, 0.1) is 0 Å². The Morgan fingerprint density at radius 3 is 2.67 bits per heavy atom. The minimum absolute atomic E-state index is 0.266. The van der Waals surface area contributed by atoms with Crippen molar-refractivity contribution in [1.82, 2.24) is 10.1 Å². The summed E-state index contributed by atoms with van der Waals surface area (Å²) >= 11 is 0. The molecular formula is C13H17N3O2. The number of benzene rings is 1. The number of methoxy groups -OCH3 is 1. The van der Waals surface area contributed by atoms with Crippen molar-refractivity contribution >= 4 is 0 Å². The predicted octanol–water partition coefficient (Wildman–Crippen LogP) is 1.77. The molecule has 0 amide bonds. The molecule has 0 saturated carbocycles. The van der Waals surface area contributed by atoms with Gasteiger partial charge in [0.25, 0.3) is 0 Å². The van der Waals surface area contributed by atoms with Gasteiger partial charge in [-0.05, 0) is 18.4 Å². The zero-order chi connectivity index (χ0) is 12.8. The van der Waals surface area contributed by atoms with Crippen LogP contribution in [-0.4, -0.2) is 23.9 Å². The van der Waals surface area contributed by atoms with Crippen LogP contribution >= 0.6 is 0 Å². The van der Waals surface area contributed by atoms with Gasteiger partial charge in [-0.1, -0.05) is 29.4 Å². The number of aromatic nitrogens is 2. The highest BCUT2D eigenvalue weighted by molar-refractivity contribution is 5.54. The third-order valence-corrected chi connectivity index (χ3v) is 2.67. The molecule has 1 aromatic carbocycles. The van der Waals surface area contributed by atoms with Gasteiger partial charge in [0.05, 0.1) is 6.54 Å². The fourth-order valence-electron chi connectivity index (χ4n) is 1.70. The molecule has 0 fully saturated rings. The normalized spacial score (nSPS) is 10.8. The van der Waals surface area contributed by atoms with E-state index in [4.69, 9.17) is 15.0 Å². The van der Waals surface area contributed by atoms with Crippen molar-refractivity contribution in [3.05, 3.63) is 35.7 Å². The summed E-state index contributed by atoms with van der Waals surface area (Å²) in [7, 11) is 1.72. The molecule has 5 nitrogen and oxygen atoms in total. The largest absolute Gasteiger partial charge is 0.385 e. The standard InChI is InChI=1S/C13H17N3O2/c1-17-8-2-3-10-4-6-11(7-5-10)13-15-12(9-14)18-16-13/h4-7H,2-3,8-9,14H2,1H3. The summed E-state index contributed by atoms with van der Waals surface area (Å²) in [4.78, 5) is 4.18. The number of aryl methyl sites for hydroxylation is 1. The number of rotatable bonds is 6. The molecular weight excluding hydrogens is 230 g/mol. The molecule has 0 spiro atoms. The molecule has 0 aliphatic rings. The average Bonchev–Trinajstić information content (AvgIpc) is 2.89. The van der Waals surface area contributed by atoms with Gasteiger partial charge in [0, 0.05) is 19.3 Å². The molecule has 2 N–H and O–H groups in total. The second-order valence-corrected chi connectivity index (χ2v) is 4.01. The summed E-state index contributed by atoms with van der Waals surface area (Å²) in [5, 5.41) is 3.88. The van der Waals surface area contributed by atoms with E-state index < -0.39 is 0 Å². The lowest BCUT2D eigenvalue weighted by atomic mass is 10.1. The molecule has 0 atom stereocenters. The molecule has 0 radical (unpaired) electrons. The van der Waals surface area contributed by atoms with E-state index in [1.807, 2.05) is 12.1 Å². The van der Waals surface area contributed by atoms with Gasteiger partial charge < -0.3 is 15.0 Å². The van der Waals surface area contributed by atoms with Crippen molar-refractivity contribution < 1.29 is 9.26 Å². The number of hydrogen-bond acceptors (Lipinski definition) is 5. The fraction of sp³-hybridized carbons (Fsp3) is 0.385. The highest BCUT2D eigenvalue weighted by atomic mass is 16.5. The summed E-state index contributed by atoms with van der Waals surface area (Å²) in [6.07, 6.45) is 2.03. The number of ether oxygens (including phenoxy) is 1. The Kier molecular flexibility index (Phi) is 4.44. The van der Waals surface area contributed by atoms with Crippen molar-refractivity contribution in [2.24, 2.45) is 5.73 Å². The maximum atomic E-state index is 5.43. The van der Waals surface area contributed by atoms with E-state index in [0.717, 1.165) is 25.0 Å². The van der Waals surface area contributed by atoms with Crippen LogP contribution in [0.2, 0.25) is 0 Å². The van der Waals surface area contributed by atoms with Crippen LogP contribution < -0.4 is 5.73 Å². The first-order valence-corrected chi connectivity index (χ1v) is 5.94. The molecule has 2 rings (SSSR count). The van der Waals surface area contributed by atoms with Gasteiger partial charge in [-0.2, -0.15) is 4.98 Å². The summed E-state index contributed by atoms with van der Waals surface area (Å²) in [5.74, 6) is 1.04. The molecule has 18 heavy (non-hydrogen) atoms. The number of hydrogen-bond donors (Lipinski definition) is 1. The third kappa shape index (κ3) is 3.15. The lowest BCUT2D eigenvalue weighted by Crippen LogP contribution is -1.95. The Balaban J connectivity index is 2.02. The Labute approximate surface area is 106 Å². The Morgan fingerprint density at radius 1 is 1.28 bits per heavy atom. The first kappa shape index (κ1) is 12.7. The molecule has 5 heteroatoms. The highest BCUT2D eigenvalue weighted by Crippen LogP contribution is 2.17. The van der Waals surface area contributed by atoms with Crippen LogP contribution in [0.3, 0.4) is 0 Å². The smallest absolute Gasteiger partial charge is 0.240 e. The Morgan fingerprint density at radius 2 is 2.06 bits per heavy atom. The Bertz CT molecular complexity index is 479. The van der Waals surface area contributed by atoms with Crippen molar-refractivity contribution in [2.75, 3.05) is 13.7 Å². The highest BCUT2D eigenvalue weighted by Gasteiger charge is 2.06. The van der Waals surface area contributed by atoms with Gasteiger partial charge >= 0.3 is 0 Å². The van der Waals surface area contributed by atoms with E-state index in [1.54, 1.807) is 7.11 Å². The average molecular weight is 247 g/mol. The second-order valence-electron chi connectivity index (χ2n) is 4.01.